The predicted octanol–water partition coefficient (Wildman–Crippen LogP) is 1.92. The van der Waals surface area contributed by atoms with E-state index in [1.54, 1.807) is 33.8 Å². The molecule has 0 saturated carbocycles. The Labute approximate surface area is 142 Å². The lowest BCUT2D eigenvalue weighted by Crippen LogP contribution is -2.46. The van der Waals surface area contributed by atoms with E-state index in [0.717, 1.165) is 0 Å². The van der Waals surface area contributed by atoms with E-state index < -0.39 is 42.0 Å². The zero-order chi connectivity index (χ0) is 18.1. The minimum atomic E-state index is -0.813. The number of hydrogen-bond acceptors (Lipinski definition) is 7. The number of carbonyl (C=O) groups excluding carboxylic acids is 1. The first-order chi connectivity index (χ1) is 11.1. The Kier molecular flexibility index (Phi) is 5.39. The minimum absolute atomic E-state index is 0.132. The predicted molar refractivity (Wildman–Crippen MR) is 85.0 cm³/mol. The molecule has 0 N–H and O–H groups in total. The SMILES string of the molecule is C=C[C@H]1OC(C)(C)O[C@@H]1[C@H](OC(=C)C(=O)OC)[C@H]1COC(C)(C)O1. The largest absolute Gasteiger partial charge is 0.478 e. The average Bonchev–Trinajstić information content (AvgIpc) is 3.02. The van der Waals surface area contributed by atoms with Crippen LogP contribution in [-0.2, 0) is 33.2 Å². The van der Waals surface area contributed by atoms with E-state index in [9.17, 15) is 4.79 Å². The molecule has 2 rings (SSSR count). The molecule has 2 aliphatic heterocycles. The molecule has 2 heterocycles. The van der Waals surface area contributed by atoms with Gasteiger partial charge >= 0.3 is 5.97 Å². The number of ether oxygens (including phenoxy) is 6. The van der Waals surface area contributed by atoms with Crippen LogP contribution in [0.2, 0.25) is 0 Å². The van der Waals surface area contributed by atoms with E-state index in [-0.39, 0.29) is 12.4 Å². The van der Waals surface area contributed by atoms with E-state index in [2.05, 4.69) is 17.9 Å². The zero-order valence-corrected chi connectivity index (χ0v) is 14.9. The molecule has 4 atom stereocenters. The second-order valence-corrected chi connectivity index (χ2v) is 6.66. The Morgan fingerprint density at radius 3 is 2.38 bits per heavy atom. The second-order valence-electron chi connectivity index (χ2n) is 6.66. The number of esters is 1. The third-order valence-electron chi connectivity index (χ3n) is 3.81. The first-order valence-corrected chi connectivity index (χ1v) is 7.82. The molecule has 2 fully saturated rings. The summed E-state index contributed by atoms with van der Waals surface area (Å²) in [4.78, 5) is 11.7. The Morgan fingerprint density at radius 1 is 1.21 bits per heavy atom. The third-order valence-corrected chi connectivity index (χ3v) is 3.81. The summed E-state index contributed by atoms with van der Waals surface area (Å²) >= 11 is 0. The Bertz CT molecular complexity index is 511. The summed E-state index contributed by atoms with van der Waals surface area (Å²) in [5.74, 6) is -2.36. The summed E-state index contributed by atoms with van der Waals surface area (Å²) in [6.07, 6.45) is -0.476. The van der Waals surface area contributed by atoms with Gasteiger partial charge in [0.15, 0.2) is 23.4 Å². The Hall–Kier alpha value is -1.41. The molecule has 0 amide bonds. The van der Waals surface area contributed by atoms with Gasteiger partial charge in [0.1, 0.15) is 18.3 Å². The summed E-state index contributed by atoms with van der Waals surface area (Å²) in [5, 5.41) is 0. The lowest BCUT2D eigenvalue weighted by Gasteiger charge is -2.30. The van der Waals surface area contributed by atoms with Gasteiger partial charge in [0.25, 0.3) is 0 Å². The van der Waals surface area contributed by atoms with E-state index in [4.69, 9.17) is 23.7 Å². The van der Waals surface area contributed by atoms with Gasteiger partial charge in [-0.2, -0.15) is 0 Å². The highest BCUT2D eigenvalue weighted by molar-refractivity contribution is 5.85. The van der Waals surface area contributed by atoms with Crippen LogP contribution in [0.25, 0.3) is 0 Å². The zero-order valence-electron chi connectivity index (χ0n) is 14.9. The summed E-state index contributed by atoms with van der Waals surface area (Å²) in [5.41, 5.74) is 0. The fourth-order valence-electron chi connectivity index (χ4n) is 2.81. The number of methoxy groups -OCH3 is 1. The summed E-state index contributed by atoms with van der Waals surface area (Å²) in [7, 11) is 1.26. The van der Waals surface area contributed by atoms with Crippen LogP contribution in [0.4, 0.5) is 0 Å². The van der Waals surface area contributed by atoms with E-state index in [1.807, 2.05) is 0 Å². The molecule has 2 aliphatic rings. The molecule has 0 bridgehead atoms. The number of hydrogen-bond donors (Lipinski definition) is 0. The summed E-state index contributed by atoms with van der Waals surface area (Å²) in [6.45, 7) is 14.9. The molecular weight excluding hydrogens is 316 g/mol. The van der Waals surface area contributed by atoms with Gasteiger partial charge < -0.3 is 28.4 Å². The maximum absolute atomic E-state index is 11.7. The van der Waals surface area contributed by atoms with Crippen molar-refractivity contribution in [3.8, 4) is 0 Å². The molecule has 0 aromatic carbocycles. The van der Waals surface area contributed by atoms with Crippen molar-refractivity contribution in [3.63, 3.8) is 0 Å². The lowest BCUT2D eigenvalue weighted by molar-refractivity contribution is -0.184. The molecule has 7 heteroatoms. The average molecular weight is 342 g/mol. The summed E-state index contributed by atoms with van der Waals surface area (Å²) < 4.78 is 33.7. The van der Waals surface area contributed by atoms with E-state index in [1.165, 1.54) is 7.11 Å². The maximum Gasteiger partial charge on any atom is 0.372 e. The number of rotatable bonds is 6. The standard InChI is InChI=1S/C17H26O7/c1-8-11-14(24-17(5,6)22-11)13(21-10(2)15(18)19-7)12-9-20-16(3,4)23-12/h8,11-14H,1-2,9H2,3-7H3/t11-,12-,13-,14+/m1/s1. The molecule has 0 aromatic rings. The number of carbonyl (C=O) groups is 1. The topological polar surface area (TPSA) is 72.5 Å². The smallest absolute Gasteiger partial charge is 0.372 e. The fourth-order valence-corrected chi connectivity index (χ4v) is 2.81. The molecule has 0 aromatic heterocycles. The normalized spacial score (nSPS) is 32.1. The van der Waals surface area contributed by atoms with Gasteiger partial charge in [0.2, 0.25) is 0 Å². The van der Waals surface area contributed by atoms with Gasteiger partial charge in [-0.1, -0.05) is 6.08 Å². The van der Waals surface area contributed by atoms with Gasteiger partial charge in [0.05, 0.1) is 13.7 Å². The van der Waals surface area contributed by atoms with Gasteiger partial charge in [-0.3, -0.25) is 0 Å². The molecule has 0 spiro atoms. The summed E-state index contributed by atoms with van der Waals surface area (Å²) in [6, 6.07) is 0. The van der Waals surface area contributed by atoms with Crippen LogP contribution in [0, 0.1) is 0 Å². The molecule has 0 unspecified atom stereocenters. The van der Waals surface area contributed by atoms with Crippen LogP contribution in [0.1, 0.15) is 27.7 Å². The van der Waals surface area contributed by atoms with Gasteiger partial charge in [0, 0.05) is 0 Å². The van der Waals surface area contributed by atoms with Crippen molar-refractivity contribution in [1.29, 1.82) is 0 Å². The van der Waals surface area contributed by atoms with Crippen LogP contribution in [0.5, 0.6) is 0 Å². The highest BCUT2D eigenvalue weighted by Gasteiger charge is 2.51. The van der Waals surface area contributed by atoms with E-state index >= 15 is 0 Å². The van der Waals surface area contributed by atoms with Crippen LogP contribution >= 0.6 is 0 Å². The highest BCUT2D eigenvalue weighted by Crippen LogP contribution is 2.36. The minimum Gasteiger partial charge on any atom is -0.478 e. The van der Waals surface area contributed by atoms with E-state index in [0.29, 0.717) is 0 Å². The van der Waals surface area contributed by atoms with Gasteiger partial charge in [-0.15, -0.1) is 6.58 Å². The first-order valence-electron chi connectivity index (χ1n) is 7.82. The van der Waals surface area contributed by atoms with Crippen molar-refractivity contribution < 1.29 is 33.2 Å². The van der Waals surface area contributed by atoms with Crippen molar-refractivity contribution in [3.05, 3.63) is 25.0 Å². The van der Waals surface area contributed by atoms with Crippen molar-refractivity contribution >= 4 is 5.97 Å². The highest BCUT2D eigenvalue weighted by atomic mass is 16.8. The monoisotopic (exact) mass is 342 g/mol. The fraction of sp³-hybridized carbons (Fsp3) is 0.706. The molecule has 2 saturated heterocycles. The third kappa shape index (κ3) is 4.16. The van der Waals surface area contributed by atoms with Crippen molar-refractivity contribution in [2.75, 3.05) is 13.7 Å². The molecule has 24 heavy (non-hydrogen) atoms. The second kappa shape index (κ2) is 6.84. The van der Waals surface area contributed by atoms with Crippen molar-refractivity contribution in [2.45, 2.75) is 63.7 Å². The van der Waals surface area contributed by atoms with Crippen LogP contribution in [0.15, 0.2) is 25.0 Å². The molecule has 7 nitrogen and oxygen atoms in total. The van der Waals surface area contributed by atoms with Gasteiger partial charge in [-0.25, -0.2) is 4.79 Å². The quantitative estimate of drug-likeness (QED) is 0.316. The molecular formula is C17H26O7. The lowest BCUT2D eigenvalue weighted by atomic mass is 10.0. The van der Waals surface area contributed by atoms with Crippen LogP contribution in [0.3, 0.4) is 0 Å². The molecule has 136 valence electrons. The van der Waals surface area contributed by atoms with Crippen LogP contribution < -0.4 is 0 Å². The molecule has 0 radical (unpaired) electrons. The van der Waals surface area contributed by atoms with Crippen LogP contribution in [-0.4, -0.2) is 55.7 Å². The molecule has 0 aliphatic carbocycles. The first kappa shape index (κ1) is 18.9. The maximum atomic E-state index is 11.7. The van der Waals surface area contributed by atoms with Gasteiger partial charge in [-0.05, 0) is 34.3 Å². The van der Waals surface area contributed by atoms with Crippen molar-refractivity contribution in [1.82, 2.24) is 0 Å². The Balaban J connectivity index is 2.24. The van der Waals surface area contributed by atoms with Crippen molar-refractivity contribution in [2.24, 2.45) is 0 Å². The Morgan fingerprint density at radius 2 is 1.88 bits per heavy atom.